The molecule has 0 aliphatic carbocycles. The van der Waals surface area contributed by atoms with Crippen LogP contribution in [0.5, 0.6) is 0 Å². The van der Waals surface area contributed by atoms with E-state index in [0.717, 1.165) is 18.7 Å². The van der Waals surface area contributed by atoms with Gasteiger partial charge in [0.1, 0.15) is 4.47 Å². The molecule has 1 aromatic rings. The lowest BCUT2D eigenvalue weighted by Crippen LogP contribution is -2.24. The first-order valence-corrected chi connectivity index (χ1v) is 5.69. The lowest BCUT2D eigenvalue weighted by atomic mass is 10.4. The van der Waals surface area contributed by atoms with Gasteiger partial charge >= 0.3 is 0 Å². The zero-order valence-corrected chi connectivity index (χ0v) is 10.2. The van der Waals surface area contributed by atoms with Crippen LogP contribution in [0.2, 0.25) is 0 Å². The SMILES string of the molecule is CCn1ncc(NCCCN)c(Br)c1=O. The molecule has 1 aromatic heterocycles. The number of anilines is 1. The summed E-state index contributed by atoms with van der Waals surface area (Å²) in [6, 6.07) is 0. The van der Waals surface area contributed by atoms with Crippen LogP contribution in [0.25, 0.3) is 0 Å². The van der Waals surface area contributed by atoms with Crippen LogP contribution < -0.4 is 16.6 Å². The van der Waals surface area contributed by atoms with Crippen molar-refractivity contribution < 1.29 is 0 Å². The van der Waals surface area contributed by atoms with Crippen molar-refractivity contribution in [1.82, 2.24) is 9.78 Å². The summed E-state index contributed by atoms with van der Waals surface area (Å²) in [5.74, 6) is 0. The molecule has 0 spiro atoms. The molecule has 0 saturated heterocycles. The minimum absolute atomic E-state index is 0.116. The van der Waals surface area contributed by atoms with Gasteiger partial charge in [-0.1, -0.05) is 0 Å². The summed E-state index contributed by atoms with van der Waals surface area (Å²) < 4.78 is 1.93. The minimum Gasteiger partial charge on any atom is -0.383 e. The third kappa shape index (κ3) is 3.04. The van der Waals surface area contributed by atoms with E-state index in [-0.39, 0.29) is 5.56 Å². The van der Waals surface area contributed by atoms with E-state index in [1.54, 1.807) is 6.20 Å². The molecule has 0 bridgehead atoms. The van der Waals surface area contributed by atoms with E-state index in [2.05, 4.69) is 26.3 Å². The quantitative estimate of drug-likeness (QED) is 0.779. The molecule has 84 valence electrons. The molecule has 0 atom stereocenters. The molecule has 0 aromatic carbocycles. The Hall–Kier alpha value is -0.880. The number of nitrogens with two attached hydrogens (primary N) is 1. The van der Waals surface area contributed by atoms with Crippen molar-refractivity contribution in [3.8, 4) is 0 Å². The van der Waals surface area contributed by atoms with Gasteiger partial charge in [-0.15, -0.1) is 0 Å². The topological polar surface area (TPSA) is 72.9 Å². The molecule has 0 saturated carbocycles. The predicted octanol–water partition coefficient (Wildman–Crippen LogP) is 0.786. The maximum atomic E-state index is 11.6. The average molecular weight is 275 g/mol. The number of hydrogen-bond acceptors (Lipinski definition) is 4. The van der Waals surface area contributed by atoms with Crippen molar-refractivity contribution in [3.05, 3.63) is 21.0 Å². The molecule has 0 unspecified atom stereocenters. The first-order chi connectivity index (χ1) is 7.20. The molecular formula is C9H15BrN4O. The van der Waals surface area contributed by atoms with Gasteiger partial charge in [-0.25, -0.2) is 4.68 Å². The maximum Gasteiger partial charge on any atom is 0.283 e. The standard InChI is InChI=1S/C9H15BrN4O/c1-2-14-9(15)8(10)7(6-13-14)12-5-3-4-11/h6,12H,2-5,11H2,1H3. The number of nitrogens with one attached hydrogen (secondary N) is 1. The molecule has 3 N–H and O–H groups in total. The van der Waals surface area contributed by atoms with Gasteiger partial charge in [-0.2, -0.15) is 5.10 Å². The predicted molar refractivity (Wildman–Crippen MR) is 64.0 cm³/mol. The highest BCUT2D eigenvalue weighted by Gasteiger charge is 2.06. The van der Waals surface area contributed by atoms with Crippen LogP contribution in [0.1, 0.15) is 13.3 Å². The molecule has 0 amide bonds. The fourth-order valence-corrected chi connectivity index (χ4v) is 1.59. The number of aromatic nitrogens is 2. The summed E-state index contributed by atoms with van der Waals surface area (Å²) in [5, 5.41) is 7.12. The van der Waals surface area contributed by atoms with Crippen molar-refractivity contribution in [2.75, 3.05) is 18.4 Å². The van der Waals surface area contributed by atoms with Crippen LogP contribution >= 0.6 is 15.9 Å². The highest BCUT2D eigenvalue weighted by Crippen LogP contribution is 2.15. The molecule has 1 heterocycles. The lowest BCUT2D eigenvalue weighted by Gasteiger charge is -2.08. The third-order valence-electron chi connectivity index (χ3n) is 1.98. The highest BCUT2D eigenvalue weighted by atomic mass is 79.9. The Morgan fingerprint density at radius 2 is 2.40 bits per heavy atom. The van der Waals surface area contributed by atoms with E-state index in [1.807, 2.05) is 6.92 Å². The zero-order valence-electron chi connectivity index (χ0n) is 8.66. The second-order valence-corrected chi connectivity index (χ2v) is 3.86. The van der Waals surface area contributed by atoms with E-state index in [0.29, 0.717) is 17.6 Å². The fraction of sp³-hybridized carbons (Fsp3) is 0.556. The van der Waals surface area contributed by atoms with E-state index >= 15 is 0 Å². The Labute approximate surface area is 96.8 Å². The van der Waals surface area contributed by atoms with Crippen LogP contribution in [0.4, 0.5) is 5.69 Å². The zero-order chi connectivity index (χ0) is 11.3. The molecule has 5 nitrogen and oxygen atoms in total. The van der Waals surface area contributed by atoms with Gasteiger partial charge in [0.05, 0.1) is 11.9 Å². The summed E-state index contributed by atoms with van der Waals surface area (Å²) >= 11 is 3.26. The molecule has 0 aliphatic heterocycles. The summed E-state index contributed by atoms with van der Waals surface area (Å²) in [4.78, 5) is 11.6. The number of rotatable bonds is 5. The van der Waals surface area contributed by atoms with Gasteiger partial charge < -0.3 is 11.1 Å². The molecule has 1 rings (SSSR count). The van der Waals surface area contributed by atoms with Gasteiger partial charge in [0.25, 0.3) is 5.56 Å². The minimum atomic E-state index is -0.116. The third-order valence-corrected chi connectivity index (χ3v) is 2.75. The van der Waals surface area contributed by atoms with Gasteiger partial charge in [0.15, 0.2) is 0 Å². The first kappa shape index (κ1) is 12.2. The number of halogens is 1. The van der Waals surface area contributed by atoms with Crippen LogP contribution in [0, 0.1) is 0 Å². The number of aryl methyl sites for hydroxylation is 1. The van der Waals surface area contributed by atoms with E-state index < -0.39 is 0 Å². The Bertz CT molecular complexity index is 377. The van der Waals surface area contributed by atoms with Crippen molar-refractivity contribution in [2.24, 2.45) is 5.73 Å². The van der Waals surface area contributed by atoms with Gasteiger partial charge in [0.2, 0.25) is 0 Å². The Kier molecular flexibility index (Phi) is 4.77. The highest BCUT2D eigenvalue weighted by molar-refractivity contribution is 9.10. The average Bonchev–Trinajstić information content (AvgIpc) is 2.25. The van der Waals surface area contributed by atoms with Gasteiger partial charge in [-0.05, 0) is 35.8 Å². The molecular weight excluding hydrogens is 260 g/mol. The van der Waals surface area contributed by atoms with Crippen molar-refractivity contribution in [2.45, 2.75) is 19.9 Å². The first-order valence-electron chi connectivity index (χ1n) is 4.90. The van der Waals surface area contributed by atoms with Gasteiger partial charge in [-0.3, -0.25) is 4.79 Å². The summed E-state index contributed by atoms with van der Waals surface area (Å²) in [6.07, 6.45) is 2.51. The summed E-state index contributed by atoms with van der Waals surface area (Å²) in [7, 11) is 0. The molecule has 6 heteroatoms. The molecule has 0 fully saturated rings. The summed E-state index contributed by atoms with van der Waals surface area (Å²) in [5.41, 5.74) is 5.98. The second-order valence-electron chi connectivity index (χ2n) is 3.06. The largest absolute Gasteiger partial charge is 0.383 e. The Morgan fingerprint density at radius 3 is 3.00 bits per heavy atom. The van der Waals surface area contributed by atoms with Crippen molar-refractivity contribution in [3.63, 3.8) is 0 Å². The van der Waals surface area contributed by atoms with Crippen LogP contribution in [0.15, 0.2) is 15.5 Å². The van der Waals surface area contributed by atoms with Crippen LogP contribution in [-0.2, 0) is 6.54 Å². The van der Waals surface area contributed by atoms with Crippen LogP contribution in [0.3, 0.4) is 0 Å². The van der Waals surface area contributed by atoms with E-state index in [1.165, 1.54) is 4.68 Å². The second kappa shape index (κ2) is 5.87. The van der Waals surface area contributed by atoms with E-state index in [4.69, 9.17) is 5.73 Å². The Balaban J connectivity index is 2.82. The fourth-order valence-electron chi connectivity index (χ4n) is 1.14. The van der Waals surface area contributed by atoms with Crippen molar-refractivity contribution >= 4 is 21.6 Å². The van der Waals surface area contributed by atoms with Crippen LogP contribution in [-0.4, -0.2) is 22.9 Å². The lowest BCUT2D eigenvalue weighted by molar-refractivity contribution is 0.612. The monoisotopic (exact) mass is 274 g/mol. The molecule has 0 aliphatic rings. The Morgan fingerprint density at radius 1 is 1.67 bits per heavy atom. The number of hydrogen-bond donors (Lipinski definition) is 2. The normalized spacial score (nSPS) is 10.3. The van der Waals surface area contributed by atoms with E-state index in [9.17, 15) is 4.79 Å². The van der Waals surface area contributed by atoms with Gasteiger partial charge in [0, 0.05) is 13.1 Å². The number of nitrogens with zero attached hydrogens (tertiary/aromatic N) is 2. The molecule has 15 heavy (non-hydrogen) atoms. The van der Waals surface area contributed by atoms with Crippen molar-refractivity contribution in [1.29, 1.82) is 0 Å². The maximum absolute atomic E-state index is 11.6. The summed E-state index contributed by atoms with van der Waals surface area (Å²) in [6.45, 7) is 3.82. The smallest absolute Gasteiger partial charge is 0.283 e. The molecule has 0 radical (unpaired) electrons.